The molecule has 0 unspecified atom stereocenters. The second-order valence-electron chi connectivity index (χ2n) is 10.2. The van der Waals surface area contributed by atoms with Crippen LogP contribution >= 0.6 is 0 Å². The van der Waals surface area contributed by atoms with E-state index in [-0.39, 0.29) is 16.8 Å². The van der Waals surface area contributed by atoms with Gasteiger partial charge in [-0.2, -0.15) is 13.2 Å². The van der Waals surface area contributed by atoms with Gasteiger partial charge in [-0.05, 0) is 70.4 Å². The molecular formula is C26H34F3N3O3. The van der Waals surface area contributed by atoms with E-state index in [0.717, 1.165) is 24.5 Å². The number of halogens is 3. The standard InChI is InChI=1S/C26H34F3N3O3/c1-24(2)13-18(14-25(3,4)32-24)30-15-17-10-11-21(22(12-17)34-5)35-16-23(33)31-20-9-7-6-8-19(20)26(27,28)29/h6-12,18,30,32H,13-16H2,1-5H3,(H,31,33). The van der Waals surface area contributed by atoms with Gasteiger partial charge in [0.2, 0.25) is 0 Å². The minimum absolute atomic E-state index is 0.0377. The predicted octanol–water partition coefficient (Wildman–Crippen LogP) is 5.13. The average Bonchev–Trinajstić information content (AvgIpc) is 2.74. The maximum atomic E-state index is 13.1. The average molecular weight is 494 g/mol. The van der Waals surface area contributed by atoms with Crippen molar-refractivity contribution in [3.63, 3.8) is 0 Å². The molecule has 1 fully saturated rings. The van der Waals surface area contributed by atoms with Crippen LogP contribution in [0.4, 0.5) is 18.9 Å². The second-order valence-corrected chi connectivity index (χ2v) is 10.2. The summed E-state index contributed by atoms with van der Waals surface area (Å²) in [4.78, 5) is 12.3. The molecule has 0 bridgehead atoms. The Morgan fingerprint density at radius 2 is 1.71 bits per heavy atom. The van der Waals surface area contributed by atoms with Crippen LogP contribution in [0.25, 0.3) is 0 Å². The Hall–Kier alpha value is -2.78. The summed E-state index contributed by atoms with van der Waals surface area (Å²) in [5, 5.41) is 9.56. The van der Waals surface area contributed by atoms with Crippen LogP contribution in [0.3, 0.4) is 0 Å². The van der Waals surface area contributed by atoms with Crippen molar-refractivity contribution in [3.05, 3.63) is 53.6 Å². The molecule has 192 valence electrons. The van der Waals surface area contributed by atoms with Crippen LogP contribution in [-0.2, 0) is 17.5 Å². The Morgan fingerprint density at radius 3 is 2.34 bits per heavy atom. The van der Waals surface area contributed by atoms with Gasteiger partial charge in [0, 0.05) is 23.7 Å². The second kappa shape index (κ2) is 10.5. The molecule has 0 spiro atoms. The van der Waals surface area contributed by atoms with Crippen molar-refractivity contribution in [3.8, 4) is 11.5 Å². The molecule has 1 aliphatic rings. The highest BCUT2D eigenvalue weighted by Crippen LogP contribution is 2.35. The Kier molecular flexibility index (Phi) is 8.01. The fourth-order valence-electron chi connectivity index (χ4n) is 4.84. The molecule has 35 heavy (non-hydrogen) atoms. The maximum absolute atomic E-state index is 13.1. The molecule has 0 aliphatic carbocycles. The van der Waals surface area contributed by atoms with Gasteiger partial charge in [0.05, 0.1) is 18.4 Å². The molecule has 0 atom stereocenters. The molecular weight excluding hydrogens is 459 g/mol. The zero-order valence-corrected chi connectivity index (χ0v) is 20.8. The predicted molar refractivity (Wildman–Crippen MR) is 130 cm³/mol. The lowest BCUT2D eigenvalue weighted by Crippen LogP contribution is -2.61. The van der Waals surface area contributed by atoms with Gasteiger partial charge in [-0.3, -0.25) is 4.79 Å². The van der Waals surface area contributed by atoms with Gasteiger partial charge in [0.15, 0.2) is 18.1 Å². The molecule has 0 radical (unpaired) electrons. The summed E-state index contributed by atoms with van der Waals surface area (Å²) in [5.74, 6) is 0.0732. The molecule has 1 amide bonds. The number of para-hydroxylation sites is 1. The molecule has 1 saturated heterocycles. The molecule has 3 rings (SSSR count). The quantitative estimate of drug-likeness (QED) is 0.476. The van der Waals surface area contributed by atoms with Crippen molar-refractivity contribution in [2.75, 3.05) is 19.0 Å². The van der Waals surface area contributed by atoms with Crippen molar-refractivity contribution in [2.24, 2.45) is 0 Å². The van der Waals surface area contributed by atoms with E-state index in [2.05, 4.69) is 43.6 Å². The minimum atomic E-state index is -4.57. The largest absolute Gasteiger partial charge is 0.493 e. The van der Waals surface area contributed by atoms with Crippen LogP contribution in [0.5, 0.6) is 11.5 Å². The van der Waals surface area contributed by atoms with Gasteiger partial charge in [-0.25, -0.2) is 0 Å². The number of rotatable bonds is 8. The third kappa shape index (κ3) is 7.60. The van der Waals surface area contributed by atoms with Crippen LogP contribution in [0.2, 0.25) is 0 Å². The highest BCUT2D eigenvalue weighted by molar-refractivity contribution is 5.92. The number of anilines is 1. The van der Waals surface area contributed by atoms with Crippen molar-refractivity contribution in [2.45, 2.75) is 70.4 Å². The minimum Gasteiger partial charge on any atom is -0.493 e. The summed E-state index contributed by atoms with van der Waals surface area (Å²) in [5.41, 5.74) is -0.159. The van der Waals surface area contributed by atoms with Gasteiger partial charge in [-0.15, -0.1) is 0 Å². The molecule has 2 aromatic rings. The van der Waals surface area contributed by atoms with Gasteiger partial charge in [0.25, 0.3) is 5.91 Å². The van der Waals surface area contributed by atoms with Crippen LogP contribution in [0, 0.1) is 0 Å². The lowest BCUT2D eigenvalue weighted by atomic mass is 9.79. The Morgan fingerprint density at radius 1 is 1.06 bits per heavy atom. The zero-order valence-electron chi connectivity index (χ0n) is 20.8. The summed E-state index contributed by atoms with van der Waals surface area (Å²) in [6, 6.07) is 10.6. The summed E-state index contributed by atoms with van der Waals surface area (Å²) < 4.78 is 50.4. The van der Waals surface area contributed by atoms with Gasteiger partial charge < -0.3 is 25.4 Å². The van der Waals surface area contributed by atoms with Crippen molar-refractivity contribution < 1.29 is 27.4 Å². The molecule has 0 aromatic heterocycles. The van der Waals surface area contributed by atoms with Crippen molar-refractivity contribution in [1.29, 1.82) is 0 Å². The monoisotopic (exact) mass is 493 g/mol. The number of amides is 1. The molecule has 1 aliphatic heterocycles. The Bertz CT molecular complexity index is 1020. The third-order valence-corrected chi connectivity index (χ3v) is 5.88. The Balaban J connectivity index is 1.59. The molecule has 6 nitrogen and oxygen atoms in total. The van der Waals surface area contributed by atoms with E-state index in [1.807, 2.05) is 12.1 Å². The lowest BCUT2D eigenvalue weighted by Gasteiger charge is -2.46. The third-order valence-electron chi connectivity index (χ3n) is 5.88. The maximum Gasteiger partial charge on any atom is 0.418 e. The summed E-state index contributed by atoms with van der Waals surface area (Å²) in [7, 11) is 1.50. The normalized spacial score (nSPS) is 17.6. The number of methoxy groups -OCH3 is 1. The van der Waals surface area contributed by atoms with Gasteiger partial charge in [-0.1, -0.05) is 18.2 Å². The fraction of sp³-hybridized carbons (Fsp3) is 0.500. The molecule has 2 aromatic carbocycles. The first-order valence-electron chi connectivity index (χ1n) is 11.6. The number of alkyl halides is 3. The van der Waals surface area contributed by atoms with Crippen LogP contribution < -0.4 is 25.4 Å². The molecule has 3 N–H and O–H groups in total. The Labute approximate surface area is 204 Å². The first kappa shape index (κ1) is 26.8. The number of ether oxygens (including phenoxy) is 2. The SMILES string of the molecule is COc1cc(CNC2CC(C)(C)NC(C)(C)C2)ccc1OCC(=O)Nc1ccccc1C(F)(F)F. The first-order chi connectivity index (χ1) is 16.3. The molecule has 0 saturated carbocycles. The number of piperidine rings is 1. The van der Waals surface area contributed by atoms with Crippen molar-refractivity contribution >= 4 is 11.6 Å². The molecule has 1 heterocycles. The topological polar surface area (TPSA) is 71.6 Å². The summed E-state index contributed by atoms with van der Waals surface area (Å²) in [6.45, 7) is 9.00. The van der Waals surface area contributed by atoms with Crippen LogP contribution in [0.15, 0.2) is 42.5 Å². The van der Waals surface area contributed by atoms with E-state index in [1.165, 1.54) is 25.3 Å². The number of carbonyl (C=O) groups is 1. The number of benzene rings is 2. The smallest absolute Gasteiger partial charge is 0.418 e. The van der Waals surface area contributed by atoms with Gasteiger partial charge >= 0.3 is 6.18 Å². The van der Waals surface area contributed by atoms with Crippen molar-refractivity contribution in [1.82, 2.24) is 10.6 Å². The van der Waals surface area contributed by atoms with Crippen LogP contribution in [0.1, 0.15) is 51.7 Å². The molecule has 9 heteroatoms. The van der Waals surface area contributed by atoms with E-state index in [1.54, 1.807) is 6.07 Å². The highest BCUT2D eigenvalue weighted by atomic mass is 19.4. The fourth-order valence-corrected chi connectivity index (χ4v) is 4.84. The van der Waals surface area contributed by atoms with Crippen LogP contribution in [-0.4, -0.2) is 36.7 Å². The zero-order chi connectivity index (χ0) is 25.9. The number of hydrogen-bond donors (Lipinski definition) is 3. The summed E-state index contributed by atoms with van der Waals surface area (Å²) >= 11 is 0. The van der Waals surface area contributed by atoms with E-state index in [4.69, 9.17) is 9.47 Å². The first-order valence-corrected chi connectivity index (χ1v) is 11.6. The summed E-state index contributed by atoms with van der Waals surface area (Å²) in [6.07, 6.45) is -2.57. The number of hydrogen-bond acceptors (Lipinski definition) is 5. The van der Waals surface area contributed by atoms with E-state index in [0.29, 0.717) is 24.1 Å². The lowest BCUT2D eigenvalue weighted by molar-refractivity contribution is -0.137. The van der Waals surface area contributed by atoms with E-state index in [9.17, 15) is 18.0 Å². The highest BCUT2D eigenvalue weighted by Gasteiger charge is 2.37. The number of nitrogens with one attached hydrogen (secondary N) is 3. The van der Waals surface area contributed by atoms with E-state index >= 15 is 0 Å². The van der Waals surface area contributed by atoms with E-state index < -0.39 is 24.3 Å². The number of carbonyl (C=O) groups excluding carboxylic acids is 1. The van der Waals surface area contributed by atoms with Gasteiger partial charge in [0.1, 0.15) is 0 Å².